The zero-order valence-electron chi connectivity index (χ0n) is 9.37. The zero-order valence-corrected chi connectivity index (χ0v) is 9.37. The molecular formula is C13H22O. The van der Waals surface area contributed by atoms with Crippen LogP contribution in [-0.4, -0.2) is 11.2 Å². The van der Waals surface area contributed by atoms with Crippen molar-refractivity contribution in [3.05, 3.63) is 25.3 Å². The molecule has 0 bridgehead atoms. The van der Waals surface area contributed by atoms with E-state index in [-0.39, 0.29) is 11.5 Å². The van der Waals surface area contributed by atoms with E-state index >= 15 is 0 Å². The first-order valence-corrected chi connectivity index (χ1v) is 5.47. The summed E-state index contributed by atoms with van der Waals surface area (Å²) in [6.45, 7) is 11.9. The minimum absolute atomic E-state index is 0.164. The van der Waals surface area contributed by atoms with Gasteiger partial charge in [-0.2, -0.15) is 0 Å². The minimum atomic E-state index is -0.233. The molecule has 0 amide bonds. The van der Waals surface area contributed by atoms with E-state index in [1.165, 1.54) is 12.8 Å². The largest absolute Gasteiger partial charge is 0.393 e. The van der Waals surface area contributed by atoms with Gasteiger partial charge < -0.3 is 5.11 Å². The van der Waals surface area contributed by atoms with Crippen LogP contribution in [0.3, 0.4) is 0 Å². The Kier molecular flexibility index (Phi) is 3.54. The molecule has 0 aromatic heterocycles. The van der Waals surface area contributed by atoms with Crippen LogP contribution in [0.2, 0.25) is 0 Å². The molecule has 4 atom stereocenters. The lowest BCUT2D eigenvalue weighted by Gasteiger charge is -2.35. The van der Waals surface area contributed by atoms with Crippen LogP contribution in [0.1, 0.15) is 33.1 Å². The van der Waals surface area contributed by atoms with E-state index in [0.717, 1.165) is 6.42 Å². The molecule has 0 aromatic rings. The molecule has 0 aliphatic heterocycles. The summed E-state index contributed by atoms with van der Waals surface area (Å²) in [5.41, 5.74) is 0.164. The Labute approximate surface area is 87.5 Å². The van der Waals surface area contributed by atoms with Gasteiger partial charge in [-0.3, -0.25) is 0 Å². The van der Waals surface area contributed by atoms with Crippen molar-refractivity contribution in [2.24, 2.45) is 17.3 Å². The van der Waals surface area contributed by atoms with Gasteiger partial charge in [0.15, 0.2) is 0 Å². The Balaban J connectivity index is 2.85. The van der Waals surface area contributed by atoms with Crippen LogP contribution in [0.5, 0.6) is 0 Å². The van der Waals surface area contributed by atoms with E-state index in [9.17, 15) is 5.11 Å². The number of hydrogen-bond donors (Lipinski definition) is 1. The van der Waals surface area contributed by atoms with Crippen LogP contribution in [0.4, 0.5) is 0 Å². The highest BCUT2D eigenvalue weighted by molar-refractivity contribution is 5.06. The van der Waals surface area contributed by atoms with Gasteiger partial charge in [-0.05, 0) is 43.4 Å². The van der Waals surface area contributed by atoms with E-state index in [4.69, 9.17) is 0 Å². The van der Waals surface area contributed by atoms with E-state index in [0.29, 0.717) is 11.8 Å². The monoisotopic (exact) mass is 194 g/mol. The van der Waals surface area contributed by atoms with Gasteiger partial charge in [0, 0.05) is 0 Å². The summed E-state index contributed by atoms with van der Waals surface area (Å²) in [6, 6.07) is 0. The minimum Gasteiger partial charge on any atom is -0.393 e. The lowest BCUT2D eigenvalue weighted by Crippen LogP contribution is -2.30. The van der Waals surface area contributed by atoms with Crippen LogP contribution < -0.4 is 0 Å². The quantitative estimate of drug-likeness (QED) is 0.682. The maximum absolute atomic E-state index is 9.54. The van der Waals surface area contributed by atoms with Crippen LogP contribution in [0.15, 0.2) is 25.3 Å². The molecule has 0 saturated heterocycles. The molecule has 0 radical (unpaired) electrons. The third kappa shape index (κ3) is 1.93. The van der Waals surface area contributed by atoms with E-state index in [1.54, 1.807) is 0 Å². The average molecular weight is 194 g/mol. The van der Waals surface area contributed by atoms with Crippen LogP contribution in [-0.2, 0) is 0 Å². The molecule has 0 spiro atoms. The molecule has 0 heterocycles. The second-order valence-corrected chi connectivity index (χ2v) is 4.82. The molecule has 1 nitrogen and oxygen atoms in total. The van der Waals surface area contributed by atoms with Gasteiger partial charge in [0.25, 0.3) is 0 Å². The highest BCUT2D eigenvalue weighted by atomic mass is 16.3. The Morgan fingerprint density at radius 1 is 1.36 bits per heavy atom. The third-order valence-corrected chi connectivity index (χ3v) is 3.79. The molecule has 1 aliphatic rings. The van der Waals surface area contributed by atoms with Gasteiger partial charge in [-0.1, -0.05) is 19.1 Å². The highest BCUT2D eigenvalue weighted by Crippen LogP contribution is 2.51. The fourth-order valence-corrected chi connectivity index (χ4v) is 3.01. The van der Waals surface area contributed by atoms with Gasteiger partial charge in [-0.15, -0.1) is 13.2 Å². The summed E-state index contributed by atoms with van der Waals surface area (Å²) in [6.07, 6.45) is 7.08. The first-order chi connectivity index (χ1) is 6.54. The summed E-state index contributed by atoms with van der Waals surface area (Å²) in [5, 5.41) is 9.54. The van der Waals surface area contributed by atoms with Gasteiger partial charge in [0.05, 0.1) is 6.10 Å². The summed E-state index contributed by atoms with van der Waals surface area (Å²) in [7, 11) is 0. The fourth-order valence-electron chi connectivity index (χ4n) is 3.01. The predicted octanol–water partition coefficient (Wildman–Crippen LogP) is 3.16. The van der Waals surface area contributed by atoms with Crippen LogP contribution in [0, 0.1) is 17.3 Å². The number of aliphatic hydroxyl groups excluding tert-OH is 1. The van der Waals surface area contributed by atoms with Gasteiger partial charge >= 0.3 is 0 Å². The van der Waals surface area contributed by atoms with Crippen molar-refractivity contribution < 1.29 is 5.11 Å². The summed E-state index contributed by atoms with van der Waals surface area (Å²) in [5.74, 6) is 1.06. The summed E-state index contributed by atoms with van der Waals surface area (Å²) >= 11 is 0. The number of rotatable bonds is 4. The number of aliphatic hydroxyl groups is 1. The zero-order chi connectivity index (χ0) is 10.8. The van der Waals surface area contributed by atoms with E-state index < -0.39 is 0 Å². The topological polar surface area (TPSA) is 20.2 Å². The van der Waals surface area contributed by atoms with Gasteiger partial charge in [0.2, 0.25) is 0 Å². The Bertz CT molecular complexity index is 201. The molecular weight excluding hydrogens is 172 g/mol. The van der Waals surface area contributed by atoms with Crippen molar-refractivity contribution in [1.29, 1.82) is 0 Å². The van der Waals surface area contributed by atoms with Crippen molar-refractivity contribution in [1.82, 2.24) is 0 Å². The SMILES string of the molecule is C=C[C@@H]1CC[C@H](C=C)C1(C)CC(C)O. The summed E-state index contributed by atoms with van der Waals surface area (Å²) < 4.78 is 0. The van der Waals surface area contributed by atoms with Crippen LogP contribution >= 0.6 is 0 Å². The smallest absolute Gasteiger partial charge is 0.0517 e. The lowest BCUT2D eigenvalue weighted by atomic mass is 9.70. The maximum atomic E-state index is 9.54. The normalized spacial score (nSPS) is 39.4. The molecule has 2 unspecified atom stereocenters. The number of hydrogen-bond acceptors (Lipinski definition) is 1. The molecule has 80 valence electrons. The molecule has 1 fully saturated rings. The Morgan fingerprint density at radius 3 is 2.07 bits per heavy atom. The van der Waals surface area contributed by atoms with Crippen LogP contribution in [0.25, 0.3) is 0 Å². The molecule has 1 rings (SSSR count). The maximum Gasteiger partial charge on any atom is 0.0517 e. The van der Waals surface area contributed by atoms with Gasteiger partial charge in [-0.25, -0.2) is 0 Å². The van der Waals surface area contributed by atoms with Crippen molar-refractivity contribution >= 4 is 0 Å². The van der Waals surface area contributed by atoms with Crippen molar-refractivity contribution in [2.45, 2.75) is 39.2 Å². The third-order valence-electron chi connectivity index (χ3n) is 3.79. The molecule has 1 heteroatoms. The Hall–Kier alpha value is -0.560. The standard InChI is InChI=1S/C13H22O/c1-5-11-7-8-12(6-2)13(11,4)9-10(3)14/h5-6,10-12,14H,1-2,7-9H2,3-4H3/t10?,11-,12+,13?. The van der Waals surface area contributed by atoms with E-state index in [2.05, 4.69) is 20.1 Å². The highest BCUT2D eigenvalue weighted by Gasteiger charge is 2.43. The predicted molar refractivity (Wildman–Crippen MR) is 61.0 cm³/mol. The fraction of sp³-hybridized carbons (Fsp3) is 0.692. The molecule has 14 heavy (non-hydrogen) atoms. The second kappa shape index (κ2) is 4.31. The molecule has 0 aromatic carbocycles. The molecule has 1 aliphatic carbocycles. The lowest BCUT2D eigenvalue weighted by molar-refractivity contribution is 0.0885. The Morgan fingerprint density at radius 2 is 1.79 bits per heavy atom. The second-order valence-electron chi connectivity index (χ2n) is 4.82. The molecule has 1 saturated carbocycles. The van der Waals surface area contributed by atoms with Crippen molar-refractivity contribution in [3.63, 3.8) is 0 Å². The van der Waals surface area contributed by atoms with Crippen molar-refractivity contribution in [2.75, 3.05) is 0 Å². The van der Waals surface area contributed by atoms with Crippen molar-refractivity contribution in [3.8, 4) is 0 Å². The summed E-state index contributed by atoms with van der Waals surface area (Å²) in [4.78, 5) is 0. The first-order valence-electron chi connectivity index (χ1n) is 5.47. The average Bonchev–Trinajstić information content (AvgIpc) is 2.40. The van der Waals surface area contributed by atoms with E-state index in [1.807, 2.05) is 19.1 Å². The molecule has 1 N–H and O–H groups in total. The number of allylic oxidation sites excluding steroid dienone is 2. The first kappa shape index (κ1) is 11.5. The van der Waals surface area contributed by atoms with Gasteiger partial charge in [0.1, 0.15) is 0 Å².